The Hall–Kier alpha value is -2.46. The molecule has 1 fully saturated rings. The van der Waals surface area contributed by atoms with Crippen LogP contribution in [0.4, 0.5) is 0 Å². The molecule has 0 spiro atoms. The molecule has 1 amide bonds. The minimum atomic E-state index is -0.252. The second-order valence-electron chi connectivity index (χ2n) is 6.23. The normalized spacial score (nSPS) is 18.5. The number of rotatable bonds is 4. The predicted octanol–water partition coefficient (Wildman–Crippen LogP) is 3.09. The van der Waals surface area contributed by atoms with Gasteiger partial charge in [0, 0.05) is 0 Å². The van der Waals surface area contributed by atoms with E-state index in [1.54, 1.807) is 0 Å². The third-order valence-electron chi connectivity index (χ3n) is 4.60. The van der Waals surface area contributed by atoms with Crippen molar-refractivity contribution in [2.45, 2.75) is 32.4 Å². The van der Waals surface area contributed by atoms with Crippen molar-refractivity contribution in [3.63, 3.8) is 0 Å². The summed E-state index contributed by atoms with van der Waals surface area (Å²) < 4.78 is 7.91. The third kappa shape index (κ3) is 2.43. The number of amides is 1. The lowest BCUT2D eigenvalue weighted by atomic mass is 10.1. The summed E-state index contributed by atoms with van der Waals surface area (Å²) in [6.45, 7) is 2.81. The van der Waals surface area contributed by atoms with Gasteiger partial charge >= 0.3 is 0 Å². The van der Waals surface area contributed by atoms with Gasteiger partial charge in [0.25, 0.3) is 12.1 Å². The molecule has 24 heavy (non-hydrogen) atoms. The van der Waals surface area contributed by atoms with Crippen molar-refractivity contribution in [3.05, 3.63) is 59.7 Å². The van der Waals surface area contributed by atoms with E-state index in [0.717, 1.165) is 29.7 Å². The number of benzene rings is 2. The summed E-state index contributed by atoms with van der Waals surface area (Å²) in [5.74, 6) is 0.00543. The summed E-state index contributed by atoms with van der Waals surface area (Å²) in [6.07, 6.45) is 2.20. The predicted molar refractivity (Wildman–Crippen MR) is 92.8 cm³/mol. The van der Waals surface area contributed by atoms with Crippen LogP contribution in [0.15, 0.2) is 48.5 Å². The maximum absolute atomic E-state index is 12.0. The van der Waals surface area contributed by atoms with E-state index in [-0.39, 0.29) is 12.1 Å². The van der Waals surface area contributed by atoms with Gasteiger partial charge in [-0.1, -0.05) is 54.4 Å². The van der Waals surface area contributed by atoms with E-state index in [0.29, 0.717) is 13.0 Å². The highest BCUT2D eigenvalue weighted by Gasteiger charge is 2.42. The van der Waals surface area contributed by atoms with E-state index in [1.165, 1.54) is 11.1 Å². The van der Waals surface area contributed by atoms with Gasteiger partial charge in [-0.15, -0.1) is 5.43 Å². The molecule has 2 aromatic carbocycles. The molecule has 1 saturated heterocycles. The summed E-state index contributed by atoms with van der Waals surface area (Å²) in [4.78, 5) is 12.0. The van der Waals surface area contributed by atoms with Crippen LogP contribution in [0.25, 0.3) is 11.1 Å². The first-order valence-corrected chi connectivity index (χ1v) is 8.56. The average Bonchev–Trinajstić information content (AvgIpc) is 3.13. The summed E-state index contributed by atoms with van der Waals surface area (Å²) in [6, 6.07) is 16.7. The van der Waals surface area contributed by atoms with Crippen molar-refractivity contribution in [2.75, 3.05) is 6.61 Å². The molecular formula is C20H21N2O2+. The van der Waals surface area contributed by atoms with Crippen LogP contribution in [0, 0.1) is 0 Å². The highest BCUT2D eigenvalue weighted by atomic mass is 16.5. The number of carbonyl (C=O) groups is 1. The highest BCUT2D eigenvalue weighted by molar-refractivity contribution is 6.22. The molecule has 0 radical (unpaired) electrons. The molecule has 1 heterocycles. The molecule has 0 aromatic heterocycles. The molecule has 4 heteroatoms. The standard InChI is InChI=1S/C20H20N2O2/c1-2-3-12-24-19-13-18(23)21-22(19)20-16-10-6-4-8-14(16)15-9-5-7-11-17(15)20/h4-11,19H,2-3,12-13H2,1H3/p+1. The second kappa shape index (κ2) is 6.21. The van der Waals surface area contributed by atoms with Crippen molar-refractivity contribution in [2.24, 2.45) is 0 Å². The molecule has 1 N–H and O–H groups in total. The van der Waals surface area contributed by atoms with E-state index in [9.17, 15) is 4.79 Å². The number of unbranched alkanes of at least 4 members (excludes halogenated alkanes) is 1. The molecule has 1 aliphatic carbocycles. The van der Waals surface area contributed by atoms with E-state index in [4.69, 9.17) is 4.74 Å². The number of carbonyl (C=O) groups excluding carboxylic acids is 1. The lowest BCUT2D eigenvalue weighted by Crippen LogP contribution is -2.36. The van der Waals surface area contributed by atoms with Gasteiger partial charge in [-0.3, -0.25) is 4.79 Å². The summed E-state index contributed by atoms with van der Waals surface area (Å²) >= 11 is 0. The van der Waals surface area contributed by atoms with Gasteiger partial charge in [-0.25, -0.2) is 0 Å². The van der Waals surface area contributed by atoms with Crippen LogP contribution >= 0.6 is 0 Å². The number of hydrogen-bond acceptors (Lipinski definition) is 2. The minimum Gasteiger partial charge on any atom is -0.319 e. The van der Waals surface area contributed by atoms with Crippen LogP contribution in [0.3, 0.4) is 0 Å². The van der Waals surface area contributed by atoms with E-state index in [1.807, 2.05) is 16.8 Å². The number of hydrazine groups is 1. The SMILES string of the molecule is CCCCOC1CC(=O)N[N+]1=C1c2ccccc2-c2ccccc21. The lowest BCUT2D eigenvalue weighted by Gasteiger charge is -2.09. The molecule has 1 unspecified atom stereocenters. The van der Waals surface area contributed by atoms with Crippen LogP contribution < -0.4 is 5.43 Å². The number of hydrogen-bond donors (Lipinski definition) is 1. The lowest BCUT2D eigenvalue weighted by molar-refractivity contribution is -0.634. The maximum atomic E-state index is 12.0. The number of hydrazone groups is 1. The maximum Gasteiger partial charge on any atom is 0.295 e. The fourth-order valence-electron chi connectivity index (χ4n) is 3.45. The Balaban J connectivity index is 1.84. The first-order valence-electron chi connectivity index (χ1n) is 8.56. The van der Waals surface area contributed by atoms with E-state index in [2.05, 4.69) is 48.7 Å². The highest BCUT2D eigenvalue weighted by Crippen LogP contribution is 2.37. The zero-order valence-electron chi connectivity index (χ0n) is 13.8. The summed E-state index contributed by atoms with van der Waals surface area (Å²) in [5, 5.41) is 0. The fraction of sp³-hybridized carbons (Fsp3) is 0.300. The van der Waals surface area contributed by atoms with Gasteiger partial charge in [-0.05, 0) is 29.7 Å². The molecule has 2 aromatic rings. The smallest absolute Gasteiger partial charge is 0.295 e. The summed E-state index contributed by atoms with van der Waals surface area (Å²) in [7, 11) is 0. The molecule has 122 valence electrons. The number of ether oxygens (including phenoxy) is 1. The van der Waals surface area contributed by atoms with Crippen LogP contribution in [-0.4, -0.2) is 29.1 Å². The fourth-order valence-corrected chi connectivity index (χ4v) is 3.45. The van der Waals surface area contributed by atoms with Crippen LogP contribution in [0.5, 0.6) is 0 Å². The molecule has 1 aliphatic heterocycles. The van der Waals surface area contributed by atoms with Crippen molar-refractivity contribution in [1.82, 2.24) is 5.43 Å². The van der Waals surface area contributed by atoms with Crippen molar-refractivity contribution in [3.8, 4) is 11.1 Å². The molecule has 4 nitrogen and oxygen atoms in total. The first kappa shape index (κ1) is 15.1. The zero-order valence-corrected chi connectivity index (χ0v) is 13.8. The minimum absolute atomic E-state index is 0.00543. The van der Waals surface area contributed by atoms with Crippen LogP contribution in [0.1, 0.15) is 37.3 Å². The first-order chi connectivity index (χ1) is 11.8. The quantitative estimate of drug-likeness (QED) is 0.592. The number of nitrogens with one attached hydrogen (secondary N) is 1. The third-order valence-corrected chi connectivity index (χ3v) is 4.60. The van der Waals surface area contributed by atoms with E-state index >= 15 is 0 Å². The Morgan fingerprint density at radius 3 is 2.21 bits per heavy atom. The second-order valence-corrected chi connectivity index (χ2v) is 6.23. The average molecular weight is 321 g/mol. The Bertz CT molecular complexity index is 778. The molecule has 1 atom stereocenters. The zero-order chi connectivity index (χ0) is 16.5. The van der Waals surface area contributed by atoms with Crippen LogP contribution in [-0.2, 0) is 9.53 Å². The molecule has 0 bridgehead atoms. The van der Waals surface area contributed by atoms with Gasteiger partial charge in [0.05, 0.1) is 17.7 Å². The molecule has 2 aliphatic rings. The monoisotopic (exact) mass is 321 g/mol. The Kier molecular flexibility index (Phi) is 3.90. The largest absolute Gasteiger partial charge is 0.319 e. The Labute approximate surface area is 141 Å². The summed E-state index contributed by atoms with van der Waals surface area (Å²) in [5.41, 5.74) is 8.72. The Morgan fingerprint density at radius 2 is 1.62 bits per heavy atom. The number of nitrogens with zero attached hydrogens (tertiary/aromatic N) is 1. The Morgan fingerprint density at radius 1 is 1.04 bits per heavy atom. The van der Waals surface area contributed by atoms with Crippen molar-refractivity contribution < 1.29 is 14.2 Å². The van der Waals surface area contributed by atoms with E-state index < -0.39 is 0 Å². The van der Waals surface area contributed by atoms with Gasteiger partial charge in [0.15, 0.2) is 0 Å². The molecule has 4 rings (SSSR count). The van der Waals surface area contributed by atoms with Crippen molar-refractivity contribution >= 4 is 11.6 Å². The van der Waals surface area contributed by atoms with Crippen molar-refractivity contribution in [1.29, 1.82) is 0 Å². The van der Waals surface area contributed by atoms with Gasteiger partial charge in [0.2, 0.25) is 5.71 Å². The number of fused-ring (bicyclic) bond motifs is 3. The van der Waals surface area contributed by atoms with Crippen LogP contribution in [0.2, 0.25) is 0 Å². The van der Waals surface area contributed by atoms with Gasteiger partial charge in [0.1, 0.15) is 6.42 Å². The van der Waals surface area contributed by atoms with Gasteiger partial charge in [-0.2, -0.15) is 0 Å². The topological polar surface area (TPSA) is 41.3 Å². The molecule has 0 saturated carbocycles. The van der Waals surface area contributed by atoms with Gasteiger partial charge < -0.3 is 4.74 Å². The molecular weight excluding hydrogens is 300 g/mol.